The van der Waals surface area contributed by atoms with Crippen LogP contribution in [0.2, 0.25) is 0 Å². The maximum atomic E-state index is 12.7. The Balaban J connectivity index is 1.76. The molecule has 116 valence electrons. The summed E-state index contributed by atoms with van der Waals surface area (Å²) in [7, 11) is 0. The van der Waals surface area contributed by atoms with E-state index in [0.29, 0.717) is 12.0 Å². The van der Waals surface area contributed by atoms with Crippen molar-refractivity contribution in [1.29, 1.82) is 0 Å². The van der Waals surface area contributed by atoms with E-state index in [1.807, 2.05) is 46.1 Å². The highest BCUT2D eigenvalue weighted by Gasteiger charge is 2.27. The quantitative estimate of drug-likeness (QED) is 0.942. The summed E-state index contributed by atoms with van der Waals surface area (Å²) in [4.78, 5) is 18.9. The highest BCUT2D eigenvalue weighted by molar-refractivity contribution is 5.94. The van der Waals surface area contributed by atoms with Crippen LogP contribution >= 0.6 is 0 Å². The van der Waals surface area contributed by atoms with Crippen LogP contribution in [0.5, 0.6) is 0 Å². The van der Waals surface area contributed by atoms with Crippen LogP contribution < -0.4 is 0 Å². The van der Waals surface area contributed by atoms with Gasteiger partial charge >= 0.3 is 0 Å². The lowest BCUT2D eigenvalue weighted by atomic mass is 9.98. The van der Waals surface area contributed by atoms with Crippen LogP contribution in [-0.4, -0.2) is 44.7 Å². The highest BCUT2D eigenvalue weighted by Crippen LogP contribution is 2.22. The van der Waals surface area contributed by atoms with Gasteiger partial charge in [-0.05, 0) is 49.9 Å². The average molecular weight is 299 g/mol. The van der Waals surface area contributed by atoms with Gasteiger partial charge in [-0.1, -0.05) is 0 Å². The topological polar surface area (TPSA) is 58.4 Å². The van der Waals surface area contributed by atoms with Crippen LogP contribution in [0.3, 0.4) is 0 Å². The fourth-order valence-electron chi connectivity index (χ4n) is 3.04. The minimum Gasteiger partial charge on any atom is -0.396 e. The molecule has 22 heavy (non-hydrogen) atoms. The van der Waals surface area contributed by atoms with Gasteiger partial charge in [0.1, 0.15) is 5.82 Å². The number of likely N-dealkylation sites (tertiary alicyclic amines) is 1. The Labute approximate surface area is 130 Å². The fraction of sp³-hybridized carbons (Fsp3) is 0.412. The normalized spacial score (nSPS) is 18.4. The summed E-state index contributed by atoms with van der Waals surface area (Å²) in [6.45, 7) is 0.891. The number of hydrogen-bond acceptors (Lipinski definition) is 3. The van der Waals surface area contributed by atoms with Gasteiger partial charge in [-0.2, -0.15) is 0 Å². The minimum atomic E-state index is 0.0182. The van der Waals surface area contributed by atoms with E-state index in [4.69, 9.17) is 0 Å². The molecular formula is C17H21N3O2. The summed E-state index contributed by atoms with van der Waals surface area (Å²) < 4.78 is 1.91. The van der Waals surface area contributed by atoms with E-state index in [0.717, 1.165) is 31.6 Å². The molecule has 5 nitrogen and oxygen atoms in total. The van der Waals surface area contributed by atoms with E-state index in [2.05, 4.69) is 4.98 Å². The number of amides is 1. The van der Waals surface area contributed by atoms with E-state index < -0.39 is 0 Å². The number of nitrogens with zero attached hydrogens (tertiary/aromatic N) is 3. The van der Waals surface area contributed by atoms with Gasteiger partial charge in [0.25, 0.3) is 5.91 Å². The molecule has 0 radical (unpaired) electrons. The van der Waals surface area contributed by atoms with Crippen molar-refractivity contribution < 1.29 is 9.90 Å². The molecule has 1 aliphatic rings. The number of carbonyl (C=O) groups excluding carboxylic acids is 1. The van der Waals surface area contributed by atoms with E-state index in [1.165, 1.54) is 0 Å². The van der Waals surface area contributed by atoms with Gasteiger partial charge < -0.3 is 14.6 Å². The second-order valence-corrected chi connectivity index (χ2v) is 5.66. The minimum absolute atomic E-state index is 0.0182. The van der Waals surface area contributed by atoms with E-state index in [9.17, 15) is 9.90 Å². The predicted molar refractivity (Wildman–Crippen MR) is 83.9 cm³/mol. The number of rotatable bonds is 4. The summed E-state index contributed by atoms with van der Waals surface area (Å²) in [6.07, 6.45) is 9.27. The van der Waals surface area contributed by atoms with Crippen molar-refractivity contribution in [3.63, 3.8) is 0 Å². The third-order valence-corrected chi connectivity index (χ3v) is 4.21. The molecule has 2 aromatic heterocycles. The molecule has 1 fully saturated rings. The van der Waals surface area contributed by atoms with Crippen molar-refractivity contribution in [3.8, 4) is 5.82 Å². The Bertz CT molecular complexity index is 605. The number of pyridine rings is 1. The molecule has 1 saturated heterocycles. The van der Waals surface area contributed by atoms with E-state index in [-0.39, 0.29) is 18.6 Å². The van der Waals surface area contributed by atoms with Crippen LogP contribution in [0.4, 0.5) is 0 Å². The molecule has 0 spiro atoms. The third-order valence-electron chi connectivity index (χ3n) is 4.21. The van der Waals surface area contributed by atoms with Gasteiger partial charge in [-0.25, -0.2) is 4.98 Å². The monoisotopic (exact) mass is 299 g/mol. The average Bonchev–Trinajstić information content (AvgIpc) is 3.10. The Morgan fingerprint density at radius 1 is 1.27 bits per heavy atom. The van der Waals surface area contributed by atoms with Crippen molar-refractivity contribution in [3.05, 3.63) is 48.4 Å². The molecule has 0 bridgehead atoms. The van der Waals surface area contributed by atoms with Crippen molar-refractivity contribution in [2.24, 2.45) is 0 Å². The molecule has 1 N–H and O–H groups in total. The van der Waals surface area contributed by atoms with Crippen LogP contribution in [0.15, 0.2) is 42.9 Å². The Morgan fingerprint density at radius 2 is 2.09 bits per heavy atom. The van der Waals surface area contributed by atoms with Gasteiger partial charge in [-0.15, -0.1) is 0 Å². The zero-order valence-electron chi connectivity index (χ0n) is 12.6. The molecular weight excluding hydrogens is 278 g/mol. The Kier molecular flexibility index (Phi) is 4.53. The smallest absolute Gasteiger partial charge is 0.255 e. The number of hydrogen-bond donors (Lipinski definition) is 1. The van der Waals surface area contributed by atoms with Crippen LogP contribution in [-0.2, 0) is 0 Å². The fourth-order valence-corrected chi connectivity index (χ4v) is 3.04. The maximum absolute atomic E-state index is 12.7. The first-order chi connectivity index (χ1) is 10.8. The Hall–Kier alpha value is -2.14. The van der Waals surface area contributed by atoms with Crippen molar-refractivity contribution >= 4 is 5.91 Å². The maximum Gasteiger partial charge on any atom is 0.255 e. The van der Waals surface area contributed by atoms with Crippen LogP contribution in [0.1, 0.15) is 36.0 Å². The molecule has 0 aliphatic carbocycles. The number of piperidine rings is 1. The number of aromatic nitrogens is 2. The molecule has 1 atom stereocenters. The van der Waals surface area contributed by atoms with Crippen molar-refractivity contribution in [2.45, 2.75) is 31.7 Å². The van der Waals surface area contributed by atoms with E-state index in [1.54, 1.807) is 6.20 Å². The standard InChI is InChI=1S/C17H21N3O2/c21-12-8-15-5-1-2-11-20(15)17(22)14-6-7-16(18-13-14)19-9-3-4-10-19/h3-4,6-7,9-10,13,15,21H,1-2,5,8,11-12H2. The number of carbonyl (C=O) groups is 1. The predicted octanol–water partition coefficient (Wildman–Crippen LogP) is 2.25. The summed E-state index contributed by atoms with van der Waals surface area (Å²) in [6, 6.07) is 7.71. The largest absolute Gasteiger partial charge is 0.396 e. The molecule has 3 heterocycles. The molecule has 1 aliphatic heterocycles. The lowest BCUT2D eigenvalue weighted by Crippen LogP contribution is -2.44. The first-order valence-corrected chi connectivity index (χ1v) is 7.81. The summed E-state index contributed by atoms with van der Waals surface area (Å²) in [5.41, 5.74) is 0.612. The van der Waals surface area contributed by atoms with Gasteiger partial charge in [0.2, 0.25) is 0 Å². The molecule has 2 aromatic rings. The second kappa shape index (κ2) is 6.75. The zero-order chi connectivity index (χ0) is 15.4. The SMILES string of the molecule is O=C(c1ccc(-n2cccc2)nc1)N1CCCCC1CCO. The first-order valence-electron chi connectivity index (χ1n) is 7.81. The second-order valence-electron chi connectivity index (χ2n) is 5.66. The molecule has 0 saturated carbocycles. The van der Waals surface area contributed by atoms with Gasteiger partial charge in [0.05, 0.1) is 5.56 Å². The molecule has 1 unspecified atom stereocenters. The number of aliphatic hydroxyl groups is 1. The summed E-state index contributed by atoms with van der Waals surface area (Å²) in [5.74, 6) is 0.816. The summed E-state index contributed by atoms with van der Waals surface area (Å²) in [5, 5.41) is 9.18. The lowest BCUT2D eigenvalue weighted by Gasteiger charge is -2.35. The van der Waals surface area contributed by atoms with Crippen molar-refractivity contribution in [1.82, 2.24) is 14.5 Å². The molecule has 1 amide bonds. The van der Waals surface area contributed by atoms with E-state index >= 15 is 0 Å². The molecule has 3 rings (SSSR count). The lowest BCUT2D eigenvalue weighted by molar-refractivity contribution is 0.0574. The number of aliphatic hydroxyl groups excluding tert-OH is 1. The van der Waals surface area contributed by atoms with Gasteiger partial charge in [0.15, 0.2) is 0 Å². The van der Waals surface area contributed by atoms with Gasteiger partial charge in [0, 0.05) is 37.8 Å². The van der Waals surface area contributed by atoms with Crippen LogP contribution in [0, 0.1) is 0 Å². The Morgan fingerprint density at radius 3 is 2.77 bits per heavy atom. The zero-order valence-corrected chi connectivity index (χ0v) is 12.6. The molecule has 0 aromatic carbocycles. The molecule has 5 heteroatoms. The third kappa shape index (κ3) is 3.04. The first kappa shape index (κ1) is 14.8. The van der Waals surface area contributed by atoms with Crippen molar-refractivity contribution in [2.75, 3.05) is 13.2 Å². The van der Waals surface area contributed by atoms with Crippen LogP contribution in [0.25, 0.3) is 5.82 Å². The highest BCUT2D eigenvalue weighted by atomic mass is 16.3. The summed E-state index contributed by atoms with van der Waals surface area (Å²) >= 11 is 0. The van der Waals surface area contributed by atoms with Gasteiger partial charge in [-0.3, -0.25) is 4.79 Å².